The zero-order valence-electron chi connectivity index (χ0n) is 26.3. The molecule has 13 heteroatoms. The molecule has 2 atom stereocenters. The lowest BCUT2D eigenvalue weighted by Crippen LogP contribution is -2.53. The zero-order valence-corrected chi connectivity index (χ0v) is 26.3. The molecule has 0 bridgehead atoms. The molecule has 1 saturated heterocycles. The Morgan fingerprint density at radius 1 is 1.09 bits per heavy atom. The Balaban J connectivity index is 1.34. The molecule has 46 heavy (non-hydrogen) atoms. The summed E-state index contributed by atoms with van der Waals surface area (Å²) in [5.41, 5.74) is -1.82. The van der Waals surface area contributed by atoms with Crippen molar-refractivity contribution in [3.63, 3.8) is 0 Å². The number of amides is 1. The summed E-state index contributed by atoms with van der Waals surface area (Å²) < 4.78 is 89.9. The number of piperazine rings is 1. The second kappa shape index (κ2) is 11.7. The summed E-state index contributed by atoms with van der Waals surface area (Å²) in [6.07, 6.45) is -6.83. The van der Waals surface area contributed by atoms with Gasteiger partial charge in [-0.25, -0.2) is 13.2 Å². The van der Waals surface area contributed by atoms with Crippen LogP contribution in [0.25, 0.3) is 0 Å². The van der Waals surface area contributed by atoms with Crippen LogP contribution in [0.1, 0.15) is 78.2 Å². The molecule has 0 N–H and O–H groups in total. The predicted molar refractivity (Wildman–Crippen MR) is 160 cm³/mol. The molecule has 248 valence electrons. The second-order valence-corrected chi connectivity index (χ2v) is 13.4. The maximum Gasteiger partial charge on any atom is 0.416 e. The van der Waals surface area contributed by atoms with Gasteiger partial charge in [0, 0.05) is 68.3 Å². The molecular formula is C33H38F6N6O. The summed E-state index contributed by atoms with van der Waals surface area (Å²) in [6.45, 7) is 8.47. The standard InChI is InChI=1S/C33H38F6N6O/c1-5-43-19-40-41-29(43)28(34)31(17-32(35,36)18-31)22-7-6-8-23(13-22)45-15-25-24(30(45)46)11-21(12-26(25)33(37,38)39)14-44-10-9-42(4)16-27(44)20(2)3/h6-8,11-13,19-20,27-28H,5,9-10,14-18H2,1-4H3. The normalized spacial score (nSPS) is 22.3. The van der Waals surface area contributed by atoms with Crippen molar-refractivity contribution in [2.45, 2.75) is 83.0 Å². The van der Waals surface area contributed by atoms with Crippen LogP contribution < -0.4 is 4.90 Å². The highest BCUT2D eigenvalue weighted by Crippen LogP contribution is 2.60. The number of halogens is 6. The van der Waals surface area contributed by atoms with Gasteiger partial charge in [0.25, 0.3) is 5.91 Å². The van der Waals surface area contributed by atoms with E-state index in [0.29, 0.717) is 18.7 Å². The molecule has 7 nitrogen and oxygen atoms in total. The number of aromatic nitrogens is 3. The van der Waals surface area contributed by atoms with E-state index in [2.05, 4.69) is 33.8 Å². The average Bonchev–Trinajstić information content (AvgIpc) is 3.60. The summed E-state index contributed by atoms with van der Waals surface area (Å²) in [5, 5.41) is 7.62. The Kier molecular flexibility index (Phi) is 8.23. The Labute approximate surface area is 264 Å². The number of alkyl halides is 6. The first kappa shape index (κ1) is 32.5. The quantitative estimate of drug-likeness (QED) is 0.257. The SMILES string of the molecule is CCn1cnnc1C(F)C1(c2cccc(N3Cc4c(cc(CN5CCN(C)CC5C(C)C)cc4C(F)(F)F)C3=O)c2)CC(F)(F)C1. The van der Waals surface area contributed by atoms with Crippen LogP contribution >= 0.6 is 0 Å². The van der Waals surface area contributed by atoms with Crippen molar-refractivity contribution < 1.29 is 31.1 Å². The van der Waals surface area contributed by atoms with Gasteiger partial charge in [-0.05, 0) is 60.8 Å². The monoisotopic (exact) mass is 648 g/mol. The first-order chi connectivity index (χ1) is 21.6. The number of anilines is 1. The van der Waals surface area contributed by atoms with E-state index >= 15 is 4.39 Å². The molecule has 2 fully saturated rings. The predicted octanol–water partition coefficient (Wildman–Crippen LogP) is 6.63. The van der Waals surface area contributed by atoms with E-state index in [0.717, 1.165) is 19.2 Å². The van der Waals surface area contributed by atoms with Crippen LogP contribution in [-0.4, -0.2) is 69.1 Å². The van der Waals surface area contributed by atoms with Gasteiger partial charge in [0.15, 0.2) is 12.0 Å². The summed E-state index contributed by atoms with van der Waals surface area (Å²) in [5.74, 6) is -3.51. The third-order valence-corrected chi connectivity index (χ3v) is 9.88. The lowest BCUT2D eigenvalue weighted by atomic mass is 9.59. The van der Waals surface area contributed by atoms with Crippen LogP contribution in [0.3, 0.4) is 0 Å². The molecule has 1 saturated carbocycles. The van der Waals surface area contributed by atoms with Crippen LogP contribution in [0.4, 0.5) is 32.0 Å². The fourth-order valence-corrected chi connectivity index (χ4v) is 7.41. The Hall–Kier alpha value is -3.45. The van der Waals surface area contributed by atoms with Gasteiger partial charge in [-0.3, -0.25) is 9.69 Å². The van der Waals surface area contributed by atoms with E-state index < -0.39 is 48.0 Å². The van der Waals surface area contributed by atoms with Crippen molar-refractivity contribution in [3.05, 3.63) is 76.4 Å². The van der Waals surface area contributed by atoms with Crippen molar-refractivity contribution in [1.29, 1.82) is 0 Å². The van der Waals surface area contributed by atoms with Crippen molar-refractivity contribution in [2.75, 3.05) is 31.6 Å². The minimum atomic E-state index is -4.70. The van der Waals surface area contributed by atoms with Crippen molar-refractivity contribution in [2.24, 2.45) is 5.92 Å². The van der Waals surface area contributed by atoms with Gasteiger partial charge in [0.05, 0.1) is 12.1 Å². The molecule has 3 heterocycles. The van der Waals surface area contributed by atoms with Crippen molar-refractivity contribution in [3.8, 4) is 0 Å². The number of hydrogen-bond acceptors (Lipinski definition) is 5. The van der Waals surface area contributed by atoms with Crippen molar-refractivity contribution >= 4 is 11.6 Å². The number of carbonyl (C=O) groups excluding carboxylic acids is 1. The number of likely N-dealkylation sites (N-methyl/N-ethyl adjacent to an activating group) is 1. The van der Waals surface area contributed by atoms with E-state index in [4.69, 9.17) is 0 Å². The van der Waals surface area contributed by atoms with Crippen LogP contribution in [0, 0.1) is 5.92 Å². The lowest BCUT2D eigenvalue weighted by Gasteiger charge is -2.49. The Morgan fingerprint density at radius 3 is 2.48 bits per heavy atom. The molecule has 1 aliphatic carbocycles. The molecule has 1 amide bonds. The minimum Gasteiger partial charge on any atom is -0.315 e. The van der Waals surface area contributed by atoms with Gasteiger partial charge >= 0.3 is 6.18 Å². The molecule has 6 rings (SSSR count). The molecule has 3 aromatic rings. The molecule has 0 spiro atoms. The zero-order chi connectivity index (χ0) is 33.2. The van der Waals surface area contributed by atoms with Crippen LogP contribution in [0.2, 0.25) is 0 Å². The highest BCUT2D eigenvalue weighted by Gasteiger charge is 2.63. The van der Waals surface area contributed by atoms with E-state index in [1.165, 1.54) is 40.1 Å². The van der Waals surface area contributed by atoms with Gasteiger partial charge in [-0.1, -0.05) is 26.0 Å². The van der Waals surface area contributed by atoms with Gasteiger partial charge in [0.2, 0.25) is 5.92 Å². The average molecular weight is 649 g/mol. The van der Waals surface area contributed by atoms with E-state index in [-0.39, 0.29) is 53.3 Å². The van der Waals surface area contributed by atoms with Gasteiger partial charge < -0.3 is 14.4 Å². The topological polar surface area (TPSA) is 57.5 Å². The highest BCUT2D eigenvalue weighted by atomic mass is 19.4. The number of hydrogen-bond donors (Lipinski definition) is 0. The van der Waals surface area contributed by atoms with E-state index in [9.17, 15) is 26.7 Å². The first-order valence-corrected chi connectivity index (χ1v) is 15.6. The number of fused-ring (bicyclic) bond motifs is 1. The fourth-order valence-electron chi connectivity index (χ4n) is 7.41. The van der Waals surface area contributed by atoms with Gasteiger partial charge in [-0.2, -0.15) is 13.2 Å². The molecule has 1 aromatic heterocycles. The molecule has 2 unspecified atom stereocenters. The van der Waals surface area contributed by atoms with Crippen molar-refractivity contribution in [1.82, 2.24) is 24.6 Å². The van der Waals surface area contributed by atoms with Gasteiger partial charge in [0.1, 0.15) is 6.33 Å². The second-order valence-electron chi connectivity index (χ2n) is 13.4. The summed E-state index contributed by atoms with van der Waals surface area (Å²) in [7, 11) is 2.02. The van der Waals surface area contributed by atoms with E-state index in [1.54, 1.807) is 13.0 Å². The summed E-state index contributed by atoms with van der Waals surface area (Å²) in [4.78, 5) is 19.4. The molecule has 2 aromatic carbocycles. The number of rotatable bonds is 8. The van der Waals surface area contributed by atoms with Crippen LogP contribution in [0.15, 0.2) is 42.7 Å². The smallest absolute Gasteiger partial charge is 0.315 e. The molecular weight excluding hydrogens is 610 g/mol. The molecule has 0 radical (unpaired) electrons. The lowest BCUT2D eigenvalue weighted by molar-refractivity contribution is -0.151. The Bertz CT molecular complexity index is 1610. The maximum atomic E-state index is 16.2. The summed E-state index contributed by atoms with van der Waals surface area (Å²) >= 11 is 0. The maximum absolute atomic E-state index is 16.2. The van der Waals surface area contributed by atoms with Gasteiger partial charge in [-0.15, -0.1) is 10.2 Å². The largest absolute Gasteiger partial charge is 0.416 e. The summed E-state index contributed by atoms with van der Waals surface area (Å²) in [6, 6.07) is 8.86. The number of benzene rings is 2. The van der Waals surface area contributed by atoms with E-state index in [1.807, 2.05) is 7.05 Å². The molecule has 3 aliphatic rings. The number of aryl methyl sites for hydroxylation is 1. The number of carbonyl (C=O) groups is 1. The third kappa shape index (κ3) is 5.69. The highest BCUT2D eigenvalue weighted by molar-refractivity contribution is 6.10. The fraction of sp³-hybridized carbons (Fsp3) is 0.545. The Morgan fingerprint density at radius 2 is 1.83 bits per heavy atom. The van der Waals surface area contributed by atoms with Crippen LogP contribution in [0.5, 0.6) is 0 Å². The first-order valence-electron chi connectivity index (χ1n) is 15.6. The molecule has 2 aliphatic heterocycles. The minimum absolute atomic E-state index is 0.0326. The number of nitrogens with zero attached hydrogens (tertiary/aromatic N) is 6. The third-order valence-electron chi connectivity index (χ3n) is 9.88. The van der Waals surface area contributed by atoms with Crippen LogP contribution in [-0.2, 0) is 31.2 Å².